The molecule has 0 spiro atoms. The zero-order valence-electron chi connectivity index (χ0n) is 24.1. The highest BCUT2D eigenvalue weighted by molar-refractivity contribution is 8.13. The number of rotatable bonds is 14. The van der Waals surface area contributed by atoms with Gasteiger partial charge in [0.1, 0.15) is 0 Å². The summed E-state index contributed by atoms with van der Waals surface area (Å²) in [5, 5.41) is 7.09. The Hall–Kier alpha value is -3.06. The Bertz CT molecular complexity index is 1180. The van der Waals surface area contributed by atoms with Gasteiger partial charge in [-0.2, -0.15) is 0 Å². The van der Waals surface area contributed by atoms with Gasteiger partial charge >= 0.3 is 0 Å². The molecule has 1 atom stereocenters. The average molecular weight is 561 g/mol. The smallest absolute Gasteiger partial charge is 0.255 e. The molecule has 0 radical (unpaired) electrons. The number of aliphatic imine (C=N–C) groups is 1. The van der Waals surface area contributed by atoms with Gasteiger partial charge in [-0.3, -0.25) is 9.59 Å². The predicted molar refractivity (Wildman–Crippen MR) is 169 cm³/mol. The van der Waals surface area contributed by atoms with E-state index in [-0.39, 0.29) is 17.9 Å². The predicted octanol–water partition coefficient (Wildman–Crippen LogP) is 8.31. The van der Waals surface area contributed by atoms with Gasteiger partial charge in [-0.25, -0.2) is 4.99 Å². The first-order valence-electron chi connectivity index (χ1n) is 15.0. The monoisotopic (exact) mass is 560 g/mol. The summed E-state index contributed by atoms with van der Waals surface area (Å²) in [6.45, 7) is 5.02. The van der Waals surface area contributed by atoms with Crippen molar-refractivity contribution in [3.05, 3.63) is 71.4 Å². The molecule has 1 saturated heterocycles. The zero-order chi connectivity index (χ0) is 28.2. The van der Waals surface area contributed by atoms with Crippen molar-refractivity contribution < 1.29 is 9.59 Å². The molecule has 2 aromatic rings. The van der Waals surface area contributed by atoms with Gasteiger partial charge in [0.2, 0.25) is 5.91 Å². The highest BCUT2D eigenvalue weighted by atomic mass is 32.2. The van der Waals surface area contributed by atoms with Gasteiger partial charge in [0.05, 0.1) is 17.3 Å². The molecule has 7 heteroatoms. The molecule has 0 aliphatic carbocycles. The summed E-state index contributed by atoms with van der Waals surface area (Å²) >= 11 is 1.75. The number of amides is 2. The van der Waals surface area contributed by atoms with Crippen molar-refractivity contribution in [3.63, 3.8) is 0 Å². The summed E-state index contributed by atoms with van der Waals surface area (Å²) in [5.74, 6) is 0.962. The number of carbonyl (C=O) groups is 2. The summed E-state index contributed by atoms with van der Waals surface area (Å²) in [6.07, 6.45) is 12.7. The Morgan fingerprint density at radius 3 is 2.23 bits per heavy atom. The molecule has 1 unspecified atom stereocenters. The first-order chi connectivity index (χ1) is 19.6. The molecule has 4 rings (SSSR count). The topological polar surface area (TPSA) is 73.8 Å². The second-order valence-electron chi connectivity index (χ2n) is 10.8. The lowest BCUT2D eigenvalue weighted by Crippen LogP contribution is -2.43. The quantitative estimate of drug-likeness (QED) is 0.228. The van der Waals surface area contributed by atoms with Crippen LogP contribution < -0.4 is 10.6 Å². The summed E-state index contributed by atoms with van der Waals surface area (Å²) in [4.78, 5) is 33.2. The highest BCUT2D eigenvalue weighted by Crippen LogP contribution is 2.40. The van der Waals surface area contributed by atoms with Crippen molar-refractivity contribution in [3.8, 4) is 0 Å². The molecule has 2 N–H and O–H groups in total. The number of carbonyl (C=O) groups excluding carboxylic acids is 2. The maximum atomic E-state index is 13.5. The minimum atomic E-state index is -0.226. The molecule has 214 valence electrons. The fraction of sp³-hybridized carbons (Fsp3) is 0.485. The largest absolute Gasteiger partial charge is 0.340 e. The van der Waals surface area contributed by atoms with Crippen molar-refractivity contribution in [1.29, 1.82) is 0 Å². The molecule has 2 aliphatic heterocycles. The number of amidine groups is 1. The van der Waals surface area contributed by atoms with Crippen molar-refractivity contribution in [2.75, 3.05) is 22.9 Å². The Morgan fingerprint density at radius 2 is 1.52 bits per heavy atom. The van der Waals surface area contributed by atoms with E-state index in [1.54, 1.807) is 11.8 Å². The van der Waals surface area contributed by atoms with Crippen LogP contribution in [0.2, 0.25) is 0 Å². The Labute approximate surface area is 244 Å². The van der Waals surface area contributed by atoms with Crippen LogP contribution in [0.3, 0.4) is 0 Å². The van der Waals surface area contributed by atoms with Crippen LogP contribution >= 0.6 is 11.8 Å². The van der Waals surface area contributed by atoms with E-state index in [0.29, 0.717) is 12.0 Å². The normalized spacial score (nSPS) is 16.8. The van der Waals surface area contributed by atoms with Crippen LogP contribution in [0.5, 0.6) is 0 Å². The highest BCUT2D eigenvalue weighted by Gasteiger charge is 2.37. The third kappa shape index (κ3) is 8.47. The first kappa shape index (κ1) is 29.9. The van der Waals surface area contributed by atoms with Gasteiger partial charge in [0.15, 0.2) is 5.17 Å². The summed E-state index contributed by atoms with van der Waals surface area (Å²) in [5.41, 5.74) is 3.98. The van der Waals surface area contributed by atoms with E-state index in [2.05, 4.69) is 22.5 Å². The molecule has 2 heterocycles. The fourth-order valence-corrected chi connectivity index (χ4v) is 6.41. The summed E-state index contributed by atoms with van der Waals surface area (Å²) in [7, 11) is 0. The van der Waals surface area contributed by atoms with E-state index in [0.717, 1.165) is 59.4 Å². The minimum absolute atomic E-state index is 0.0638. The lowest BCUT2D eigenvalue weighted by Gasteiger charge is -2.40. The van der Waals surface area contributed by atoms with Crippen LogP contribution in [0.25, 0.3) is 0 Å². The molecular formula is C33H44N4O2S. The Kier molecular flexibility index (Phi) is 11.7. The van der Waals surface area contributed by atoms with Gasteiger partial charge in [0, 0.05) is 30.1 Å². The van der Waals surface area contributed by atoms with Gasteiger partial charge < -0.3 is 15.5 Å². The number of nitrogens with one attached hydrogen (secondary N) is 2. The summed E-state index contributed by atoms with van der Waals surface area (Å²) in [6, 6.07) is 17.3. The van der Waals surface area contributed by atoms with E-state index in [1.807, 2.05) is 61.5 Å². The number of hydrogen-bond acceptors (Lipinski definition) is 5. The SMILES string of the molecule is CCCCCCCCCCCC(=O)Nc1ccc(C2C(C(=O)Nc3ccccc3)=C(C)N=C3SCCCN32)cc1. The fourth-order valence-electron chi connectivity index (χ4n) is 5.39. The Balaban J connectivity index is 1.36. The number of thioether (sulfide) groups is 1. The van der Waals surface area contributed by atoms with E-state index < -0.39 is 0 Å². The molecule has 2 aromatic carbocycles. The van der Waals surface area contributed by atoms with Gasteiger partial charge in [-0.05, 0) is 49.6 Å². The number of anilines is 2. The zero-order valence-corrected chi connectivity index (χ0v) is 24.9. The van der Waals surface area contributed by atoms with Crippen molar-refractivity contribution in [2.24, 2.45) is 4.99 Å². The second kappa shape index (κ2) is 15.7. The molecule has 0 bridgehead atoms. The lowest BCUT2D eigenvalue weighted by atomic mass is 9.93. The van der Waals surface area contributed by atoms with Crippen LogP contribution in [0, 0.1) is 0 Å². The second-order valence-corrected chi connectivity index (χ2v) is 11.8. The van der Waals surface area contributed by atoms with Crippen LogP contribution in [0.15, 0.2) is 70.9 Å². The van der Waals surface area contributed by atoms with Crippen molar-refractivity contribution in [2.45, 2.75) is 90.5 Å². The molecular weight excluding hydrogens is 516 g/mol. The minimum Gasteiger partial charge on any atom is -0.340 e. The van der Waals surface area contributed by atoms with Crippen LogP contribution in [0.4, 0.5) is 11.4 Å². The number of benzene rings is 2. The number of para-hydroxylation sites is 1. The van der Waals surface area contributed by atoms with Crippen LogP contribution in [0.1, 0.15) is 96.1 Å². The molecule has 0 aromatic heterocycles. The molecule has 40 heavy (non-hydrogen) atoms. The number of nitrogens with zero attached hydrogens (tertiary/aromatic N) is 2. The van der Waals surface area contributed by atoms with Crippen molar-refractivity contribution in [1.82, 2.24) is 4.90 Å². The number of hydrogen-bond donors (Lipinski definition) is 2. The third-order valence-corrected chi connectivity index (χ3v) is 8.63. The molecule has 1 fully saturated rings. The lowest BCUT2D eigenvalue weighted by molar-refractivity contribution is -0.116. The molecule has 2 amide bonds. The maximum Gasteiger partial charge on any atom is 0.255 e. The number of allylic oxidation sites excluding steroid dienone is 1. The molecule has 0 saturated carbocycles. The van der Waals surface area contributed by atoms with E-state index in [4.69, 9.17) is 4.99 Å². The van der Waals surface area contributed by atoms with Crippen LogP contribution in [-0.2, 0) is 9.59 Å². The van der Waals surface area contributed by atoms with Gasteiger partial charge in [-0.15, -0.1) is 0 Å². The standard InChI is InChI=1S/C33H44N4O2S/c1-3-4-5-6-7-8-9-10-14-18-29(38)35-28-21-19-26(20-22-28)31-30(32(39)36-27-16-12-11-13-17-27)25(2)34-33-37(31)23-15-24-40-33/h11-13,16-17,19-22,31H,3-10,14-15,18,23-24H2,1-2H3,(H,35,38)(H,36,39). The van der Waals surface area contributed by atoms with Gasteiger partial charge in [0.25, 0.3) is 5.91 Å². The van der Waals surface area contributed by atoms with E-state index in [9.17, 15) is 9.59 Å². The third-order valence-electron chi connectivity index (χ3n) is 7.55. The summed E-state index contributed by atoms with van der Waals surface area (Å²) < 4.78 is 0. The average Bonchev–Trinajstić information content (AvgIpc) is 2.96. The molecule has 2 aliphatic rings. The van der Waals surface area contributed by atoms with E-state index in [1.165, 1.54) is 44.9 Å². The Morgan fingerprint density at radius 1 is 0.875 bits per heavy atom. The number of fused-ring (bicyclic) bond motifs is 1. The van der Waals surface area contributed by atoms with Crippen LogP contribution in [-0.4, -0.2) is 34.2 Å². The van der Waals surface area contributed by atoms with Crippen molar-refractivity contribution >= 4 is 40.1 Å². The van der Waals surface area contributed by atoms with Gasteiger partial charge in [-0.1, -0.05) is 100 Å². The first-order valence-corrected chi connectivity index (χ1v) is 16.0. The van der Waals surface area contributed by atoms with E-state index >= 15 is 0 Å². The maximum absolute atomic E-state index is 13.5. The number of unbranched alkanes of at least 4 members (excludes halogenated alkanes) is 8. The molecule has 6 nitrogen and oxygen atoms in total.